The molecule has 1 aromatic heterocycles. The van der Waals surface area contributed by atoms with Gasteiger partial charge in [-0.05, 0) is 61.7 Å². The molecule has 0 radical (unpaired) electrons. The van der Waals surface area contributed by atoms with Crippen LogP contribution in [-0.4, -0.2) is 42.9 Å². The number of anilines is 2. The first-order chi connectivity index (χ1) is 13.7. The SMILES string of the molecule is O=C(Cc1cccs1)Nc1ccc(N2CCCCC2)c(C(=O)N2CCCC2)c1. The molecule has 0 spiro atoms. The van der Waals surface area contributed by atoms with Gasteiger partial charge in [0.05, 0.1) is 12.0 Å². The number of benzene rings is 1. The van der Waals surface area contributed by atoms with Crippen molar-refractivity contribution in [1.82, 2.24) is 4.90 Å². The average Bonchev–Trinajstić information content (AvgIpc) is 3.42. The maximum absolute atomic E-state index is 13.2. The highest BCUT2D eigenvalue weighted by atomic mass is 32.1. The van der Waals surface area contributed by atoms with E-state index in [2.05, 4.69) is 10.2 Å². The van der Waals surface area contributed by atoms with E-state index in [9.17, 15) is 9.59 Å². The number of hydrogen-bond acceptors (Lipinski definition) is 4. The lowest BCUT2D eigenvalue weighted by atomic mass is 10.1. The predicted octanol–water partition coefficient (Wildman–Crippen LogP) is 4.16. The third-order valence-electron chi connectivity index (χ3n) is 5.52. The summed E-state index contributed by atoms with van der Waals surface area (Å²) < 4.78 is 0. The first-order valence-electron chi connectivity index (χ1n) is 10.2. The van der Waals surface area contributed by atoms with E-state index >= 15 is 0 Å². The van der Waals surface area contributed by atoms with Crippen molar-refractivity contribution in [2.45, 2.75) is 38.5 Å². The number of rotatable bonds is 5. The van der Waals surface area contributed by atoms with Crippen molar-refractivity contribution in [3.63, 3.8) is 0 Å². The number of likely N-dealkylation sites (tertiary alicyclic amines) is 1. The average molecular weight is 398 g/mol. The van der Waals surface area contributed by atoms with Crippen molar-refractivity contribution < 1.29 is 9.59 Å². The number of hydrogen-bond donors (Lipinski definition) is 1. The summed E-state index contributed by atoms with van der Waals surface area (Å²) in [6.45, 7) is 3.63. The Labute approximate surface area is 170 Å². The van der Waals surface area contributed by atoms with Crippen LogP contribution in [-0.2, 0) is 11.2 Å². The second-order valence-corrected chi connectivity index (χ2v) is 8.62. The minimum absolute atomic E-state index is 0.0484. The van der Waals surface area contributed by atoms with Gasteiger partial charge in [-0.15, -0.1) is 11.3 Å². The monoisotopic (exact) mass is 397 g/mol. The van der Waals surface area contributed by atoms with Gasteiger partial charge >= 0.3 is 0 Å². The highest BCUT2D eigenvalue weighted by Crippen LogP contribution is 2.29. The normalized spacial score (nSPS) is 17.0. The van der Waals surface area contributed by atoms with Gasteiger partial charge in [0.2, 0.25) is 5.91 Å². The predicted molar refractivity (Wildman–Crippen MR) is 114 cm³/mol. The maximum Gasteiger partial charge on any atom is 0.256 e. The van der Waals surface area contributed by atoms with E-state index in [1.54, 1.807) is 11.3 Å². The summed E-state index contributed by atoms with van der Waals surface area (Å²) in [6.07, 6.45) is 6.08. The molecular weight excluding hydrogens is 370 g/mol. The molecule has 0 atom stereocenters. The molecule has 2 aliphatic heterocycles. The third kappa shape index (κ3) is 4.38. The van der Waals surface area contributed by atoms with Gasteiger partial charge in [-0.3, -0.25) is 9.59 Å². The Balaban J connectivity index is 1.56. The van der Waals surface area contributed by atoms with Crippen LogP contribution in [0, 0.1) is 0 Å². The Morgan fingerprint density at radius 3 is 2.43 bits per heavy atom. The Hall–Kier alpha value is -2.34. The van der Waals surface area contributed by atoms with E-state index in [1.165, 1.54) is 6.42 Å². The van der Waals surface area contributed by atoms with Gasteiger partial charge in [0.15, 0.2) is 0 Å². The van der Waals surface area contributed by atoms with Crippen molar-refractivity contribution in [3.05, 3.63) is 46.2 Å². The minimum atomic E-state index is -0.0484. The second kappa shape index (κ2) is 8.78. The summed E-state index contributed by atoms with van der Waals surface area (Å²) in [5.74, 6) is 0.0418. The second-order valence-electron chi connectivity index (χ2n) is 7.58. The molecule has 2 saturated heterocycles. The molecule has 5 nitrogen and oxygen atoms in total. The first-order valence-corrected chi connectivity index (χ1v) is 11.1. The molecule has 148 valence electrons. The Kier molecular flexibility index (Phi) is 5.95. The van der Waals surface area contributed by atoms with Gasteiger partial charge in [0.25, 0.3) is 5.91 Å². The van der Waals surface area contributed by atoms with Crippen LogP contribution in [0.4, 0.5) is 11.4 Å². The molecule has 28 heavy (non-hydrogen) atoms. The van der Waals surface area contributed by atoms with Crippen LogP contribution in [0.15, 0.2) is 35.7 Å². The zero-order chi connectivity index (χ0) is 19.3. The fourth-order valence-corrected chi connectivity index (χ4v) is 4.77. The maximum atomic E-state index is 13.2. The summed E-state index contributed by atoms with van der Waals surface area (Å²) in [5.41, 5.74) is 2.43. The summed E-state index contributed by atoms with van der Waals surface area (Å²) >= 11 is 1.58. The molecule has 2 fully saturated rings. The van der Waals surface area contributed by atoms with Gasteiger partial charge in [-0.25, -0.2) is 0 Å². The highest BCUT2D eigenvalue weighted by Gasteiger charge is 2.25. The number of thiophene rings is 1. The molecular formula is C22H27N3O2S. The molecule has 0 aliphatic carbocycles. The van der Waals surface area contributed by atoms with Gasteiger partial charge in [-0.2, -0.15) is 0 Å². The summed E-state index contributed by atoms with van der Waals surface area (Å²) in [6, 6.07) is 9.73. The number of amides is 2. The van der Waals surface area contributed by atoms with Gasteiger partial charge < -0.3 is 15.1 Å². The van der Waals surface area contributed by atoms with Crippen molar-refractivity contribution >= 4 is 34.5 Å². The van der Waals surface area contributed by atoms with Crippen LogP contribution in [0.3, 0.4) is 0 Å². The van der Waals surface area contributed by atoms with Crippen molar-refractivity contribution in [2.24, 2.45) is 0 Å². The van der Waals surface area contributed by atoms with Gasteiger partial charge in [0, 0.05) is 42.4 Å². The number of nitrogens with one attached hydrogen (secondary N) is 1. The number of piperidine rings is 1. The van der Waals surface area contributed by atoms with E-state index in [1.807, 2.05) is 40.6 Å². The zero-order valence-electron chi connectivity index (χ0n) is 16.2. The largest absolute Gasteiger partial charge is 0.371 e. The molecule has 2 aromatic rings. The summed E-state index contributed by atoms with van der Waals surface area (Å²) in [7, 11) is 0. The number of carbonyl (C=O) groups is 2. The van der Waals surface area contributed by atoms with E-state index in [-0.39, 0.29) is 11.8 Å². The molecule has 4 rings (SSSR count). The summed E-state index contributed by atoms with van der Waals surface area (Å²) in [5, 5.41) is 4.95. The standard InChI is InChI=1S/C22H27N3O2S/c26-21(16-18-7-6-14-28-18)23-17-8-9-20(24-10-2-1-3-11-24)19(15-17)22(27)25-12-4-5-13-25/h6-9,14-15H,1-5,10-13,16H2,(H,23,26). The highest BCUT2D eigenvalue weighted by molar-refractivity contribution is 7.10. The lowest BCUT2D eigenvalue weighted by Gasteiger charge is -2.31. The fraction of sp³-hybridized carbons (Fsp3) is 0.455. The fourth-order valence-electron chi connectivity index (χ4n) is 4.06. The van der Waals surface area contributed by atoms with E-state index in [4.69, 9.17) is 0 Å². The van der Waals surface area contributed by atoms with Crippen molar-refractivity contribution in [1.29, 1.82) is 0 Å². The molecule has 0 bridgehead atoms. The van der Waals surface area contributed by atoms with Crippen molar-refractivity contribution in [2.75, 3.05) is 36.4 Å². The molecule has 2 amide bonds. The molecule has 2 aliphatic rings. The van der Waals surface area contributed by atoms with E-state index in [0.717, 1.165) is 68.0 Å². The molecule has 1 N–H and O–H groups in total. The van der Waals surface area contributed by atoms with E-state index in [0.29, 0.717) is 12.1 Å². The minimum Gasteiger partial charge on any atom is -0.371 e. The Morgan fingerprint density at radius 2 is 1.71 bits per heavy atom. The molecule has 0 unspecified atom stereocenters. The molecule has 6 heteroatoms. The lowest BCUT2D eigenvalue weighted by Crippen LogP contribution is -2.34. The van der Waals surface area contributed by atoms with Gasteiger partial charge in [0.1, 0.15) is 0 Å². The van der Waals surface area contributed by atoms with Crippen molar-refractivity contribution in [3.8, 4) is 0 Å². The van der Waals surface area contributed by atoms with Crippen LogP contribution in [0.1, 0.15) is 47.3 Å². The van der Waals surface area contributed by atoms with Crippen LogP contribution in [0.25, 0.3) is 0 Å². The third-order valence-corrected chi connectivity index (χ3v) is 6.39. The number of nitrogens with zero attached hydrogens (tertiary/aromatic N) is 2. The molecule has 0 saturated carbocycles. The molecule has 3 heterocycles. The summed E-state index contributed by atoms with van der Waals surface area (Å²) in [4.78, 5) is 30.9. The van der Waals surface area contributed by atoms with Crippen LogP contribution in [0.5, 0.6) is 0 Å². The quantitative estimate of drug-likeness (QED) is 0.824. The van der Waals surface area contributed by atoms with Gasteiger partial charge in [-0.1, -0.05) is 6.07 Å². The Bertz CT molecular complexity index is 822. The Morgan fingerprint density at radius 1 is 0.964 bits per heavy atom. The van der Waals surface area contributed by atoms with E-state index < -0.39 is 0 Å². The zero-order valence-corrected chi connectivity index (χ0v) is 17.0. The first kappa shape index (κ1) is 19.0. The topological polar surface area (TPSA) is 52.7 Å². The van der Waals surface area contributed by atoms with Crippen LogP contribution in [0.2, 0.25) is 0 Å². The lowest BCUT2D eigenvalue weighted by molar-refractivity contribution is -0.115. The number of carbonyl (C=O) groups excluding carboxylic acids is 2. The van der Waals surface area contributed by atoms with Crippen LogP contribution < -0.4 is 10.2 Å². The molecule has 1 aromatic carbocycles. The smallest absolute Gasteiger partial charge is 0.256 e. The van der Waals surface area contributed by atoms with Crippen LogP contribution >= 0.6 is 11.3 Å².